The molecule has 1 N–H and O–H groups in total. The smallest absolute Gasteiger partial charge is 0.0224 e. The first-order valence-electron chi connectivity index (χ1n) is 9.59. The van der Waals surface area contributed by atoms with Crippen LogP contribution in [0.25, 0.3) is 0 Å². The Morgan fingerprint density at radius 1 is 1.08 bits per heavy atom. The predicted molar refractivity (Wildman–Crippen MR) is 105 cm³/mol. The van der Waals surface area contributed by atoms with Crippen LogP contribution in [0.3, 0.4) is 0 Å². The third kappa shape index (κ3) is 5.45. The molecule has 136 valence electrons. The van der Waals surface area contributed by atoms with E-state index in [1.165, 1.54) is 76.9 Å². The summed E-state index contributed by atoms with van der Waals surface area (Å²) in [6.45, 7) is 9.71. The molecule has 24 heavy (non-hydrogen) atoms. The van der Waals surface area contributed by atoms with Gasteiger partial charge in [0.15, 0.2) is 0 Å². The zero-order chi connectivity index (χ0) is 15.9. The van der Waals surface area contributed by atoms with E-state index in [4.69, 9.17) is 0 Å². The average Bonchev–Trinajstić information content (AvgIpc) is 2.62. The van der Waals surface area contributed by atoms with Crippen molar-refractivity contribution in [3.63, 3.8) is 0 Å². The van der Waals surface area contributed by atoms with Crippen LogP contribution in [0.2, 0.25) is 0 Å². The lowest BCUT2D eigenvalue weighted by Gasteiger charge is -2.45. The number of nitrogens with zero attached hydrogens (tertiary/aromatic N) is 2. The highest BCUT2D eigenvalue weighted by Crippen LogP contribution is 2.22. The third-order valence-electron chi connectivity index (χ3n) is 5.60. The van der Waals surface area contributed by atoms with Gasteiger partial charge in [-0.1, -0.05) is 43.7 Å². The zero-order valence-corrected chi connectivity index (χ0v) is 15.9. The van der Waals surface area contributed by atoms with E-state index < -0.39 is 0 Å². The van der Waals surface area contributed by atoms with E-state index in [0.717, 1.165) is 12.1 Å². The fraction of sp³-hybridized carbons (Fsp3) is 0.700. The van der Waals surface area contributed by atoms with Crippen molar-refractivity contribution in [3.05, 3.63) is 35.9 Å². The Morgan fingerprint density at radius 2 is 1.83 bits per heavy atom. The molecule has 1 aromatic rings. The Labute approximate surface area is 154 Å². The van der Waals surface area contributed by atoms with E-state index in [2.05, 4.69) is 52.4 Å². The predicted octanol–water partition coefficient (Wildman–Crippen LogP) is 3.19. The number of piperidine rings is 1. The van der Waals surface area contributed by atoms with Gasteiger partial charge in [-0.25, -0.2) is 0 Å². The lowest BCUT2D eigenvalue weighted by atomic mass is 9.97. The normalized spacial score (nSPS) is 23.8. The summed E-state index contributed by atoms with van der Waals surface area (Å²) in [5, 5.41) is 3.58. The van der Waals surface area contributed by atoms with Gasteiger partial charge in [0, 0.05) is 38.3 Å². The maximum Gasteiger partial charge on any atom is 0.0224 e. The summed E-state index contributed by atoms with van der Waals surface area (Å²) in [4.78, 5) is 5.50. The lowest BCUT2D eigenvalue weighted by molar-refractivity contribution is 0.0544. The van der Waals surface area contributed by atoms with E-state index >= 15 is 0 Å². The van der Waals surface area contributed by atoms with Gasteiger partial charge >= 0.3 is 0 Å². The summed E-state index contributed by atoms with van der Waals surface area (Å²) in [5.41, 5.74) is 1.47. The molecule has 0 saturated carbocycles. The molecular weight excluding hydrogens is 318 g/mol. The molecule has 3 rings (SSSR count). The standard InChI is InChI=1S/C20H33N3.ClH/c1-2-6-20-17-21-12-16-23(20)19-10-14-22(15-11-19)13-9-18-7-4-3-5-8-18;/h3-5,7-8,19-21H,2,6,9-17H2,1H3;1H. The lowest BCUT2D eigenvalue weighted by Crippen LogP contribution is -2.57. The quantitative estimate of drug-likeness (QED) is 0.849. The molecule has 2 fully saturated rings. The summed E-state index contributed by atoms with van der Waals surface area (Å²) >= 11 is 0. The number of hydrogen-bond donors (Lipinski definition) is 1. The summed E-state index contributed by atoms with van der Waals surface area (Å²) in [7, 11) is 0. The van der Waals surface area contributed by atoms with Crippen LogP contribution in [0.1, 0.15) is 38.2 Å². The Morgan fingerprint density at radius 3 is 2.54 bits per heavy atom. The molecule has 0 spiro atoms. The third-order valence-corrected chi connectivity index (χ3v) is 5.60. The molecule has 0 radical (unpaired) electrons. The molecule has 1 atom stereocenters. The number of nitrogens with one attached hydrogen (secondary N) is 1. The summed E-state index contributed by atoms with van der Waals surface area (Å²) in [6, 6.07) is 12.5. The van der Waals surface area contributed by atoms with Crippen LogP contribution in [0.4, 0.5) is 0 Å². The number of hydrogen-bond acceptors (Lipinski definition) is 3. The van der Waals surface area contributed by atoms with Gasteiger partial charge in [-0.2, -0.15) is 0 Å². The van der Waals surface area contributed by atoms with Crippen LogP contribution < -0.4 is 5.32 Å². The van der Waals surface area contributed by atoms with Crippen molar-refractivity contribution < 1.29 is 0 Å². The summed E-state index contributed by atoms with van der Waals surface area (Å²) < 4.78 is 0. The van der Waals surface area contributed by atoms with Crippen LogP contribution >= 0.6 is 12.4 Å². The Bertz CT molecular complexity index is 443. The highest BCUT2D eigenvalue weighted by molar-refractivity contribution is 5.85. The molecule has 0 aliphatic carbocycles. The largest absolute Gasteiger partial charge is 0.314 e. The van der Waals surface area contributed by atoms with Gasteiger partial charge < -0.3 is 10.2 Å². The van der Waals surface area contributed by atoms with E-state index in [1.54, 1.807) is 0 Å². The van der Waals surface area contributed by atoms with Crippen molar-refractivity contribution in [2.45, 2.75) is 51.1 Å². The van der Waals surface area contributed by atoms with E-state index in [1.807, 2.05) is 0 Å². The summed E-state index contributed by atoms with van der Waals surface area (Å²) in [6.07, 6.45) is 6.56. The van der Waals surface area contributed by atoms with Crippen molar-refractivity contribution in [2.75, 3.05) is 39.3 Å². The van der Waals surface area contributed by atoms with Crippen LogP contribution in [0.5, 0.6) is 0 Å². The molecule has 1 aromatic carbocycles. The number of likely N-dealkylation sites (tertiary alicyclic amines) is 1. The van der Waals surface area contributed by atoms with Gasteiger partial charge in [-0.05, 0) is 44.3 Å². The van der Waals surface area contributed by atoms with Crippen molar-refractivity contribution in [2.24, 2.45) is 0 Å². The zero-order valence-electron chi connectivity index (χ0n) is 15.1. The maximum absolute atomic E-state index is 3.58. The first-order valence-corrected chi connectivity index (χ1v) is 9.59. The van der Waals surface area contributed by atoms with E-state index in [0.29, 0.717) is 0 Å². The second kappa shape index (κ2) is 10.4. The van der Waals surface area contributed by atoms with Crippen LogP contribution in [0, 0.1) is 0 Å². The van der Waals surface area contributed by atoms with Crippen LogP contribution in [-0.2, 0) is 6.42 Å². The highest BCUT2D eigenvalue weighted by Gasteiger charge is 2.30. The molecule has 4 heteroatoms. The van der Waals surface area contributed by atoms with Crippen molar-refractivity contribution in [3.8, 4) is 0 Å². The molecule has 2 aliphatic rings. The Kier molecular flexibility index (Phi) is 8.54. The first-order chi connectivity index (χ1) is 11.4. The Balaban J connectivity index is 0.00000208. The van der Waals surface area contributed by atoms with Crippen molar-refractivity contribution in [1.29, 1.82) is 0 Å². The second-order valence-electron chi connectivity index (χ2n) is 7.19. The first kappa shape index (κ1) is 19.7. The fourth-order valence-electron chi connectivity index (χ4n) is 4.26. The molecule has 2 aliphatic heterocycles. The molecule has 0 bridgehead atoms. The minimum atomic E-state index is 0. The van der Waals surface area contributed by atoms with Gasteiger partial charge in [-0.15, -0.1) is 12.4 Å². The van der Waals surface area contributed by atoms with Crippen LogP contribution in [0.15, 0.2) is 30.3 Å². The number of halogens is 1. The molecule has 2 heterocycles. The number of rotatable bonds is 6. The molecule has 0 amide bonds. The van der Waals surface area contributed by atoms with Gasteiger partial charge in [-0.3, -0.25) is 4.90 Å². The SMILES string of the molecule is CCCC1CNCCN1C1CCN(CCc2ccccc2)CC1.Cl. The monoisotopic (exact) mass is 351 g/mol. The van der Waals surface area contributed by atoms with Crippen molar-refractivity contribution in [1.82, 2.24) is 15.1 Å². The molecular formula is C20H34ClN3. The van der Waals surface area contributed by atoms with Gasteiger partial charge in [0.05, 0.1) is 0 Å². The molecule has 0 aromatic heterocycles. The molecule has 1 unspecified atom stereocenters. The summed E-state index contributed by atoms with van der Waals surface area (Å²) in [5.74, 6) is 0. The van der Waals surface area contributed by atoms with E-state index in [-0.39, 0.29) is 12.4 Å². The van der Waals surface area contributed by atoms with Crippen molar-refractivity contribution >= 4 is 12.4 Å². The van der Waals surface area contributed by atoms with Gasteiger partial charge in [0.2, 0.25) is 0 Å². The van der Waals surface area contributed by atoms with E-state index in [9.17, 15) is 0 Å². The maximum atomic E-state index is 3.58. The van der Waals surface area contributed by atoms with Crippen LogP contribution in [-0.4, -0.2) is 61.2 Å². The van der Waals surface area contributed by atoms with Gasteiger partial charge in [0.1, 0.15) is 0 Å². The molecule has 3 nitrogen and oxygen atoms in total. The fourth-order valence-corrected chi connectivity index (χ4v) is 4.26. The minimum absolute atomic E-state index is 0. The topological polar surface area (TPSA) is 18.5 Å². The highest BCUT2D eigenvalue weighted by atomic mass is 35.5. The number of benzene rings is 1. The second-order valence-corrected chi connectivity index (χ2v) is 7.19. The van der Waals surface area contributed by atoms with Gasteiger partial charge in [0.25, 0.3) is 0 Å². The molecule has 2 saturated heterocycles. The Hall–Kier alpha value is -0.610. The minimum Gasteiger partial charge on any atom is -0.314 e. The average molecular weight is 352 g/mol. The number of piperazine rings is 1.